The van der Waals surface area contributed by atoms with Gasteiger partial charge in [0, 0.05) is 11.6 Å². The summed E-state index contributed by atoms with van der Waals surface area (Å²) >= 11 is 0. The summed E-state index contributed by atoms with van der Waals surface area (Å²) in [6, 6.07) is 8.05. The quantitative estimate of drug-likeness (QED) is 0.814. The second-order valence-corrected chi connectivity index (χ2v) is 5.37. The number of rotatable bonds is 6. The van der Waals surface area contributed by atoms with E-state index in [9.17, 15) is 0 Å². The molecule has 2 nitrogen and oxygen atoms in total. The minimum Gasteiger partial charge on any atom is -0.493 e. The summed E-state index contributed by atoms with van der Waals surface area (Å²) in [5.74, 6) is 2.23. The molecule has 0 aliphatic carbocycles. The van der Waals surface area contributed by atoms with E-state index in [1.807, 2.05) is 31.2 Å². The van der Waals surface area contributed by atoms with Crippen molar-refractivity contribution in [2.24, 2.45) is 17.6 Å². The van der Waals surface area contributed by atoms with Crippen molar-refractivity contribution in [2.75, 3.05) is 6.61 Å². The van der Waals surface area contributed by atoms with Crippen LogP contribution in [0.3, 0.4) is 0 Å². The monoisotopic (exact) mass is 235 g/mol. The highest BCUT2D eigenvalue weighted by Crippen LogP contribution is 2.24. The highest BCUT2D eigenvalue weighted by atomic mass is 16.5. The third kappa shape index (κ3) is 4.78. The van der Waals surface area contributed by atoms with E-state index in [0.29, 0.717) is 5.92 Å². The first-order valence-electron chi connectivity index (χ1n) is 6.48. The fourth-order valence-electron chi connectivity index (χ4n) is 2.09. The van der Waals surface area contributed by atoms with E-state index in [4.69, 9.17) is 10.5 Å². The zero-order valence-corrected chi connectivity index (χ0v) is 11.4. The van der Waals surface area contributed by atoms with E-state index in [2.05, 4.69) is 20.8 Å². The average Bonchev–Trinajstić information content (AvgIpc) is 2.25. The van der Waals surface area contributed by atoms with Crippen molar-refractivity contribution < 1.29 is 4.74 Å². The standard InChI is InChI=1S/C15H25NO/c1-11(2)9-12(3)10-17-15-8-6-5-7-14(15)13(4)16/h5-8,11-13H,9-10,16H2,1-4H3/t12?,13-/m0/s1. The Balaban J connectivity index is 2.57. The second-order valence-electron chi connectivity index (χ2n) is 5.37. The minimum atomic E-state index is 0.0200. The van der Waals surface area contributed by atoms with Crippen LogP contribution in [0.15, 0.2) is 24.3 Å². The lowest BCUT2D eigenvalue weighted by Crippen LogP contribution is -2.13. The first-order valence-corrected chi connectivity index (χ1v) is 6.48. The minimum absolute atomic E-state index is 0.0200. The first kappa shape index (κ1) is 14.0. The third-order valence-electron chi connectivity index (χ3n) is 2.81. The lowest BCUT2D eigenvalue weighted by molar-refractivity contribution is 0.236. The summed E-state index contributed by atoms with van der Waals surface area (Å²) < 4.78 is 5.88. The third-order valence-corrected chi connectivity index (χ3v) is 2.81. The topological polar surface area (TPSA) is 35.2 Å². The molecule has 0 aliphatic heterocycles. The van der Waals surface area contributed by atoms with Gasteiger partial charge in [-0.15, -0.1) is 0 Å². The van der Waals surface area contributed by atoms with Crippen molar-refractivity contribution in [1.29, 1.82) is 0 Å². The number of ether oxygens (including phenoxy) is 1. The lowest BCUT2D eigenvalue weighted by Gasteiger charge is -2.18. The summed E-state index contributed by atoms with van der Waals surface area (Å²) in [4.78, 5) is 0. The van der Waals surface area contributed by atoms with Gasteiger partial charge in [0.2, 0.25) is 0 Å². The molecule has 0 bridgehead atoms. The molecular weight excluding hydrogens is 210 g/mol. The van der Waals surface area contributed by atoms with Gasteiger partial charge in [-0.25, -0.2) is 0 Å². The molecule has 1 rings (SSSR count). The summed E-state index contributed by atoms with van der Waals surface area (Å²) in [6.07, 6.45) is 1.19. The number of hydrogen-bond donors (Lipinski definition) is 1. The molecule has 0 saturated carbocycles. The molecule has 96 valence electrons. The van der Waals surface area contributed by atoms with Gasteiger partial charge in [0.25, 0.3) is 0 Å². The zero-order chi connectivity index (χ0) is 12.8. The molecule has 0 spiro atoms. The van der Waals surface area contributed by atoms with Gasteiger partial charge < -0.3 is 10.5 Å². The summed E-state index contributed by atoms with van der Waals surface area (Å²) in [5.41, 5.74) is 7.01. The maximum Gasteiger partial charge on any atom is 0.124 e. The van der Waals surface area contributed by atoms with Crippen molar-refractivity contribution >= 4 is 0 Å². The van der Waals surface area contributed by atoms with Crippen LogP contribution in [0.5, 0.6) is 5.75 Å². The number of para-hydroxylation sites is 1. The van der Waals surface area contributed by atoms with Crippen LogP contribution in [0.2, 0.25) is 0 Å². The Hall–Kier alpha value is -1.02. The molecule has 2 N–H and O–H groups in total. The molecule has 1 aromatic carbocycles. The Labute approximate surface area is 105 Å². The molecule has 2 heteroatoms. The van der Waals surface area contributed by atoms with Crippen molar-refractivity contribution in [3.8, 4) is 5.75 Å². The molecule has 17 heavy (non-hydrogen) atoms. The number of nitrogens with two attached hydrogens (primary N) is 1. The maximum absolute atomic E-state index is 5.92. The molecule has 1 aromatic rings. The van der Waals surface area contributed by atoms with Crippen LogP contribution in [0.25, 0.3) is 0 Å². The highest BCUT2D eigenvalue weighted by Gasteiger charge is 2.10. The molecule has 0 heterocycles. The maximum atomic E-state index is 5.92. The van der Waals surface area contributed by atoms with Gasteiger partial charge in [0.15, 0.2) is 0 Å². The second kappa shape index (κ2) is 6.65. The fraction of sp³-hybridized carbons (Fsp3) is 0.600. The van der Waals surface area contributed by atoms with E-state index in [-0.39, 0.29) is 6.04 Å². The Kier molecular flexibility index (Phi) is 5.49. The van der Waals surface area contributed by atoms with E-state index in [1.165, 1.54) is 6.42 Å². The van der Waals surface area contributed by atoms with Crippen LogP contribution in [0, 0.1) is 11.8 Å². The fourth-order valence-corrected chi connectivity index (χ4v) is 2.09. The molecule has 0 aromatic heterocycles. The predicted molar refractivity (Wildman–Crippen MR) is 73.2 cm³/mol. The highest BCUT2D eigenvalue weighted by molar-refractivity contribution is 5.35. The molecule has 2 atom stereocenters. The summed E-state index contributed by atoms with van der Waals surface area (Å²) in [7, 11) is 0. The van der Waals surface area contributed by atoms with Gasteiger partial charge >= 0.3 is 0 Å². The molecule has 0 amide bonds. The van der Waals surface area contributed by atoms with Crippen molar-refractivity contribution in [1.82, 2.24) is 0 Å². The normalized spacial score (nSPS) is 14.7. The van der Waals surface area contributed by atoms with Crippen LogP contribution in [-0.4, -0.2) is 6.61 Å². The van der Waals surface area contributed by atoms with E-state index < -0.39 is 0 Å². The number of benzene rings is 1. The van der Waals surface area contributed by atoms with E-state index in [1.54, 1.807) is 0 Å². The Morgan fingerprint density at radius 3 is 2.35 bits per heavy atom. The van der Waals surface area contributed by atoms with Crippen LogP contribution in [0.1, 0.15) is 45.7 Å². The molecule has 0 aliphatic rings. The Bertz CT molecular complexity index is 333. The van der Waals surface area contributed by atoms with Crippen LogP contribution >= 0.6 is 0 Å². The van der Waals surface area contributed by atoms with Gasteiger partial charge in [-0.05, 0) is 31.2 Å². The van der Waals surface area contributed by atoms with Crippen molar-refractivity contribution in [2.45, 2.75) is 40.2 Å². The molecule has 0 saturated heterocycles. The molecule has 1 unspecified atom stereocenters. The van der Waals surface area contributed by atoms with Crippen LogP contribution in [-0.2, 0) is 0 Å². The number of hydrogen-bond acceptors (Lipinski definition) is 2. The Morgan fingerprint density at radius 2 is 1.76 bits per heavy atom. The summed E-state index contributed by atoms with van der Waals surface area (Å²) in [5, 5.41) is 0. The smallest absolute Gasteiger partial charge is 0.124 e. The van der Waals surface area contributed by atoms with E-state index >= 15 is 0 Å². The largest absolute Gasteiger partial charge is 0.493 e. The van der Waals surface area contributed by atoms with Gasteiger partial charge in [0.05, 0.1) is 6.61 Å². The van der Waals surface area contributed by atoms with Gasteiger partial charge in [-0.2, -0.15) is 0 Å². The van der Waals surface area contributed by atoms with Crippen molar-refractivity contribution in [3.05, 3.63) is 29.8 Å². The molecule has 0 radical (unpaired) electrons. The predicted octanol–water partition coefficient (Wildman–Crippen LogP) is 3.77. The molecular formula is C15H25NO. The summed E-state index contributed by atoms with van der Waals surface area (Å²) in [6.45, 7) is 9.47. The van der Waals surface area contributed by atoms with E-state index in [0.717, 1.165) is 23.8 Å². The lowest BCUT2D eigenvalue weighted by atomic mass is 10.00. The van der Waals surface area contributed by atoms with Crippen molar-refractivity contribution in [3.63, 3.8) is 0 Å². The first-order chi connectivity index (χ1) is 8.00. The molecule has 0 fully saturated rings. The van der Waals surface area contributed by atoms with Gasteiger partial charge in [0.1, 0.15) is 5.75 Å². The average molecular weight is 235 g/mol. The van der Waals surface area contributed by atoms with Crippen LogP contribution < -0.4 is 10.5 Å². The van der Waals surface area contributed by atoms with Gasteiger partial charge in [-0.1, -0.05) is 39.0 Å². The Morgan fingerprint density at radius 1 is 1.12 bits per heavy atom. The zero-order valence-electron chi connectivity index (χ0n) is 11.4. The van der Waals surface area contributed by atoms with Crippen LogP contribution in [0.4, 0.5) is 0 Å². The SMILES string of the molecule is CC(C)CC(C)COc1ccccc1[C@H](C)N. The van der Waals surface area contributed by atoms with Gasteiger partial charge in [-0.3, -0.25) is 0 Å².